The first-order chi connectivity index (χ1) is 12.4. The zero-order valence-electron chi connectivity index (χ0n) is 13.1. The topological polar surface area (TPSA) is 79.2 Å². The number of nitrogens with one attached hydrogen (secondary N) is 1. The lowest BCUT2D eigenvalue weighted by Crippen LogP contribution is -2.20. The molecule has 26 heavy (non-hydrogen) atoms. The van der Waals surface area contributed by atoms with E-state index in [0.29, 0.717) is 20.6 Å². The average molecular weight is 410 g/mol. The van der Waals surface area contributed by atoms with Crippen molar-refractivity contribution in [2.45, 2.75) is 0 Å². The van der Waals surface area contributed by atoms with Crippen molar-refractivity contribution in [1.82, 2.24) is 0 Å². The maximum absolute atomic E-state index is 11.9. The number of rotatable bonds is 5. The van der Waals surface area contributed by atoms with Gasteiger partial charge in [-0.3, -0.25) is 4.79 Å². The first kappa shape index (κ1) is 19.8. The zero-order valence-corrected chi connectivity index (χ0v) is 15.4. The molecule has 2 aromatic carbocycles. The van der Waals surface area contributed by atoms with Crippen molar-refractivity contribution in [3.63, 3.8) is 0 Å². The molecule has 2 rings (SSSR count). The number of ether oxygens (including phenoxy) is 1. The van der Waals surface area contributed by atoms with Gasteiger partial charge in [0.15, 0.2) is 6.61 Å². The second kappa shape index (κ2) is 9.25. The van der Waals surface area contributed by atoms with E-state index in [1.54, 1.807) is 18.2 Å². The largest absolute Gasteiger partial charge is 0.452 e. The Morgan fingerprint density at radius 1 is 1.15 bits per heavy atom. The highest BCUT2D eigenvalue weighted by molar-refractivity contribution is 6.37. The number of nitriles is 1. The summed E-state index contributed by atoms with van der Waals surface area (Å²) in [7, 11) is 0. The number of halogens is 3. The van der Waals surface area contributed by atoms with Crippen LogP contribution in [0.2, 0.25) is 15.1 Å². The van der Waals surface area contributed by atoms with Crippen molar-refractivity contribution in [2.75, 3.05) is 11.9 Å². The van der Waals surface area contributed by atoms with Crippen LogP contribution in [0.25, 0.3) is 6.08 Å². The first-order valence-electron chi connectivity index (χ1n) is 7.19. The molecule has 0 aliphatic heterocycles. The molecule has 0 aromatic heterocycles. The van der Waals surface area contributed by atoms with Gasteiger partial charge in [-0.15, -0.1) is 0 Å². The van der Waals surface area contributed by atoms with Crippen LogP contribution in [0.15, 0.2) is 42.5 Å². The Labute approximate surface area is 164 Å². The van der Waals surface area contributed by atoms with Gasteiger partial charge in [-0.05, 0) is 36.4 Å². The Balaban J connectivity index is 1.93. The maximum Gasteiger partial charge on any atom is 0.331 e. The molecule has 0 aliphatic carbocycles. The lowest BCUT2D eigenvalue weighted by atomic mass is 10.2. The van der Waals surface area contributed by atoms with E-state index in [4.69, 9.17) is 44.8 Å². The van der Waals surface area contributed by atoms with E-state index in [1.165, 1.54) is 24.3 Å². The van der Waals surface area contributed by atoms with E-state index < -0.39 is 18.5 Å². The van der Waals surface area contributed by atoms with Crippen molar-refractivity contribution >= 4 is 58.4 Å². The van der Waals surface area contributed by atoms with Crippen molar-refractivity contribution in [2.24, 2.45) is 0 Å². The van der Waals surface area contributed by atoms with Crippen molar-refractivity contribution in [1.29, 1.82) is 5.26 Å². The van der Waals surface area contributed by atoms with Gasteiger partial charge in [-0.1, -0.05) is 40.9 Å². The minimum Gasteiger partial charge on any atom is -0.452 e. The molecular weight excluding hydrogens is 399 g/mol. The number of carbonyl (C=O) groups is 2. The first-order valence-corrected chi connectivity index (χ1v) is 8.32. The zero-order chi connectivity index (χ0) is 19.1. The molecular formula is C18H11Cl3N2O3. The molecule has 0 radical (unpaired) electrons. The Morgan fingerprint density at radius 2 is 1.85 bits per heavy atom. The smallest absolute Gasteiger partial charge is 0.331 e. The molecule has 0 heterocycles. The summed E-state index contributed by atoms with van der Waals surface area (Å²) in [5, 5.41) is 12.6. The second-order valence-electron chi connectivity index (χ2n) is 4.93. The molecule has 0 aliphatic rings. The van der Waals surface area contributed by atoms with Crippen molar-refractivity contribution in [3.8, 4) is 6.07 Å². The molecule has 1 N–H and O–H groups in total. The fourth-order valence-corrected chi connectivity index (χ4v) is 2.61. The third kappa shape index (κ3) is 5.50. The van der Waals surface area contributed by atoms with Crippen LogP contribution in [-0.4, -0.2) is 18.5 Å². The Bertz CT molecular complexity index is 900. The molecule has 0 saturated heterocycles. The van der Waals surface area contributed by atoms with Crippen LogP contribution in [-0.2, 0) is 14.3 Å². The Kier molecular flexibility index (Phi) is 7.05. The summed E-state index contributed by atoms with van der Waals surface area (Å²) < 4.78 is 4.84. The SMILES string of the molecule is N#Cc1ccc(Cl)cc1NC(=O)COC(=O)/C=C/c1c(Cl)cccc1Cl. The lowest BCUT2D eigenvalue weighted by Gasteiger charge is -2.07. The average Bonchev–Trinajstić information content (AvgIpc) is 2.60. The van der Waals surface area contributed by atoms with Gasteiger partial charge in [0.25, 0.3) is 5.91 Å². The van der Waals surface area contributed by atoms with Crippen LogP contribution in [0.1, 0.15) is 11.1 Å². The van der Waals surface area contributed by atoms with Crippen LogP contribution < -0.4 is 5.32 Å². The summed E-state index contributed by atoms with van der Waals surface area (Å²) in [5.74, 6) is -1.36. The fraction of sp³-hybridized carbons (Fsp3) is 0.0556. The van der Waals surface area contributed by atoms with E-state index >= 15 is 0 Å². The monoisotopic (exact) mass is 408 g/mol. The van der Waals surface area contributed by atoms with Gasteiger partial charge in [-0.25, -0.2) is 4.79 Å². The van der Waals surface area contributed by atoms with Gasteiger partial charge in [0.1, 0.15) is 6.07 Å². The van der Waals surface area contributed by atoms with Gasteiger partial charge < -0.3 is 10.1 Å². The molecule has 5 nitrogen and oxygen atoms in total. The van der Waals surface area contributed by atoms with Crippen LogP contribution in [0, 0.1) is 11.3 Å². The fourth-order valence-electron chi connectivity index (χ4n) is 1.91. The Hall–Kier alpha value is -2.52. The number of benzene rings is 2. The normalized spacial score (nSPS) is 10.4. The third-order valence-electron chi connectivity index (χ3n) is 3.11. The number of amides is 1. The summed E-state index contributed by atoms with van der Waals surface area (Å²) in [5.41, 5.74) is 0.941. The summed E-state index contributed by atoms with van der Waals surface area (Å²) in [6.45, 7) is -0.531. The molecule has 0 unspecified atom stereocenters. The minimum atomic E-state index is -0.747. The van der Waals surface area contributed by atoms with Gasteiger partial charge >= 0.3 is 5.97 Å². The number of esters is 1. The third-order valence-corrected chi connectivity index (χ3v) is 4.00. The summed E-state index contributed by atoms with van der Waals surface area (Å²) in [6.07, 6.45) is 2.51. The van der Waals surface area contributed by atoms with Gasteiger partial charge in [0.2, 0.25) is 0 Å². The maximum atomic E-state index is 11.9. The number of carbonyl (C=O) groups excluding carboxylic acids is 2. The van der Waals surface area contributed by atoms with Crippen LogP contribution in [0.5, 0.6) is 0 Å². The predicted molar refractivity (Wildman–Crippen MR) is 101 cm³/mol. The predicted octanol–water partition coefficient (Wildman–Crippen LogP) is 4.71. The summed E-state index contributed by atoms with van der Waals surface area (Å²) >= 11 is 17.8. The number of hydrogen-bond acceptors (Lipinski definition) is 4. The second-order valence-corrected chi connectivity index (χ2v) is 6.18. The van der Waals surface area contributed by atoms with Gasteiger partial charge in [0, 0.05) is 26.7 Å². The molecule has 0 bridgehead atoms. The van der Waals surface area contributed by atoms with E-state index in [-0.39, 0.29) is 11.3 Å². The van der Waals surface area contributed by atoms with E-state index in [1.807, 2.05) is 6.07 Å². The van der Waals surface area contributed by atoms with Gasteiger partial charge in [-0.2, -0.15) is 5.26 Å². The van der Waals surface area contributed by atoms with Gasteiger partial charge in [0.05, 0.1) is 11.3 Å². The highest BCUT2D eigenvalue weighted by Crippen LogP contribution is 2.25. The molecule has 0 spiro atoms. The molecule has 1 amide bonds. The number of hydrogen-bond donors (Lipinski definition) is 1. The quantitative estimate of drug-likeness (QED) is 0.573. The van der Waals surface area contributed by atoms with Crippen LogP contribution in [0.4, 0.5) is 5.69 Å². The van der Waals surface area contributed by atoms with Crippen LogP contribution >= 0.6 is 34.8 Å². The van der Waals surface area contributed by atoms with E-state index in [2.05, 4.69) is 5.32 Å². The molecule has 0 saturated carbocycles. The molecule has 2 aromatic rings. The number of anilines is 1. The van der Waals surface area contributed by atoms with E-state index in [9.17, 15) is 9.59 Å². The molecule has 132 valence electrons. The highest BCUT2D eigenvalue weighted by Gasteiger charge is 2.10. The van der Waals surface area contributed by atoms with Crippen molar-refractivity contribution < 1.29 is 14.3 Å². The standard InChI is InChI=1S/C18H11Cl3N2O3/c19-12-5-4-11(9-22)16(8-12)23-17(24)10-26-18(25)7-6-13-14(20)2-1-3-15(13)21/h1-8H,10H2,(H,23,24)/b7-6+. The molecule has 0 fully saturated rings. The lowest BCUT2D eigenvalue weighted by molar-refractivity contribution is -0.142. The minimum absolute atomic E-state index is 0.236. The summed E-state index contributed by atoms with van der Waals surface area (Å²) in [4.78, 5) is 23.6. The van der Waals surface area contributed by atoms with E-state index in [0.717, 1.165) is 6.08 Å². The molecule has 8 heteroatoms. The summed E-state index contributed by atoms with van der Waals surface area (Å²) in [6, 6.07) is 11.3. The van der Waals surface area contributed by atoms with Crippen molar-refractivity contribution in [3.05, 3.63) is 68.7 Å². The highest BCUT2D eigenvalue weighted by atomic mass is 35.5. The Morgan fingerprint density at radius 3 is 2.50 bits per heavy atom. The van der Waals surface area contributed by atoms with Crippen LogP contribution in [0.3, 0.4) is 0 Å². The molecule has 0 atom stereocenters. The number of nitrogens with zero attached hydrogens (tertiary/aromatic N) is 1.